The maximum Gasteiger partial charge on any atom is 0.123 e. The summed E-state index contributed by atoms with van der Waals surface area (Å²) in [7, 11) is 3.70. The molecule has 1 rings (SSSR count). The van der Waals surface area contributed by atoms with Gasteiger partial charge in [-0.2, -0.15) is 0 Å². The minimum atomic E-state index is 0.324. The molecule has 0 heterocycles. The largest absolute Gasteiger partial charge is 0.496 e. The van der Waals surface area contributed by atoms with E-state index >= 15 is 0 Å². The van der Waals surface area contributed by atoms with Gasteiger partial charge in [0.2, 0.25) is 0 Å². The van der Waals surface area contributed by atoms with Crippen LogP contribution in [0.3, 0.4) is 0 Å². The van der Waals surface area contributed by atoms with E-state index in [0.29, 0.717) is 11.9 Å². The van der Waals surface area contributed by atoms with Crippen LogP contribution in [0.4, 0.5) is 0 Å². The van der Waals surface area contributed by atoms with Crippen LogP contribution in [0.1, 0.15) is 12.5 Å². The zero-order valence-electron chi connectivity index (χ0n) is 9.84. The zero-order chi connectivity index (χ0) is 12.1. The molecule has 1 aromatic carbocycles. The first-order chi connectivity index (χ1) is 7.58. The number of methoxy groups -OCH3 is 1. The summed E-state index contributed by atoms with van der Waals surface area (Å²) in [5.74, 6) is 1.47. The standard InChI is InChI=1S/C12H17Cl2NO/c1-9(7-13)15(2)8-10-6-11(14)4-5-12(10)16-3/h4-6,9H,7-8H2,1-3H3. The van der Waals surface area contributed by atoms with Crippen LogP contribution in [-0.4, -0.2) is 31.0 Å². The normalized spacial score (nSPS) is 12.9. The molecule has 16 heavy (non-hydrogen) atoms. The molecule has 90 valence electrons. The quantitative estimate of drug-likeness (QED) is 0.754. The molecule has 0 saturated heterocycles. The molecule has 1 aromatic rings. The second-order valence-corrected chi connectivity index (χ2v) is 4.62. The second kappa shape index (κ2) is 6.33. The Morgan fingerprint density at radius 3 is 2.69 bits per heavy atom. The van der Waals surface area contributed by atoms with Crippen molar-refractivity contribution in [1.82, 2.24) is 4.90 Å². The number of benzene rings is 1. The fourth-order valence-electron chi connectivity index (χ4n) is 1.41. The summed E-state index contributed by atoms with van der Waals surface area (Å²) in [6.07, 6.45) is 0. The molecular formula is C12H17Cl2NO. The monoisotopic (exact) mass is 261 g/mol. The summed E-state index contributed by atoms with van der Waals surface area (Å²) in [5, 5.41) is 0.725. The van der Waals surface area contributed by atoms with Gasteiger partial charge in [0.15, 0.2) is 0 Å². The molecule has 0 N–H and O–H groups in total. The van der Waals surface area contributed by atoms with Crippen molar-refractivity contribution in [3.05, 3.63) is 28.8 Å². The van der Waals surface area contributed by atoms with Gasteiger partial charge in [-0.15, -0.1) is 11.6 Å². The Labute approximate surface area is 107 Å². The van der Waals surface area contributed by atoms with E-state index in [9.17, 15) is 0 Å². The lowest BCUT2D eigenvalue weighted by atomic mass is 10.1. The lowest BCUT2D eigenvalue weighted by Crippen LogP contribution is -2.29. The summed E-state index contributed by atoms with van der Waals surface area (Å²) in [6, 6.07) is 5.97. The van der Waals surface area contributed by atoms with E-state index in [1.165, 1.54) is 0 Å². The topological polar surface area (TPSA) is 12.5 Å². The molecule has 2 nitrogen and oxygen atoms in total. The Morgan fingerprint density at radius 2 is 2.12 bits per heavy atom. The van der Waals surface area contributed by atoms with Gasteiger partial charge >= 0.3 is 0 Å². The van der Waals surface area contributed by atoms with E-state index in [4.69, 9.17) is 27.9 Å². The van der Waals surface area contributed by atoms with Crippen molar-refractivity contribution in [3.8, 4) is 5.75 Å². The summed E-state index contributed by atoms with van der Waals surface area (Å²) in [4.78, 5) is 2.17. The Balaban J connectivity index is 2.82. The molecule has 0 fully saturated rings. The highest BCUT2D eigenvalue weighted by Gasteiger charge is 2.11. The number of hydrogen-bond donors (Lipinski definition) is 0. The summed E-state index contributed by atoms with van der Waals surface area (Å²) in [6.45, 7) is 2.86. The van der Waals surface area contributed by atoms with E-state index in [1.54, 1.807) is 7.11 Å². The average molecular weight is 262 g/mol. The first-order valence-corrected chi connectivity index (χ1v) is 6.08. The Morgan fingerprint density at radius 1 is 1.44 bits per heavy atom. The van der Waals surface area contributed by atoms with Crippen LogP contribution >= 0.6 is 23.2 Å². The summed E-state index contributed by atoms with van der Waals surface area (Å²) < 4.78 is 5.30. The van der Waals surface area contributed by atoms with E-state index in [1.807, 2.05) is 25.2 Å². The van der Waals surface area contributed by atoms with Gasteiger partial charge in [-0.25, -0.2) is 0 Å². The minimum Gasteiger partial charge on any atom is -0.496 e. The molecule has 0 aliphatic heterocycles. The van der Waals surface area contributed by atoms with Gasteiger partial charge in [0.05, 0.1) is 7.11 Å². The molecular weight excluding hydrogens is 245 g/mol. The molecule has 0 aliphatic carbocycles. The van der Waals surface area contributed by atoms with E-state index < -0.39 is 0 Å². The molecule has 0 radical (unpaired) electrons. The number of nitrogens with zero attached hydrogens (tertiary/aromatic N) is 1. The molecule has 0 spiro atoms. The number of alkyl halides is 1. The predicted molar refractivity (Wildman–Crippen MR) is 69.7 cm³/mol. The van der Waals surface area contributed by atoms with Crippen LogP contribution in [0.15, 0.2) is 18.2 Å². The van der Waals surface area contributed by atoms with Gasteiger partial charge in [-0.1, -0.05) is 11.6 Å². The van der Waals surface area contributed by atoms with Crippen molar-refractivity contribution in [2.24, 2.45) is 0 Å². The Bertz CT molecular complexity index is 344. The maximum absolute atomic E-state index is 5.97. The third kappa shape index (κ3) is 3.55. The van der Waals surface area contributed by atoms with Crippen molar-refractivity contribution in [3.63, 3.8) is 0 Å². The van der Waals surface area contributed by atoms with Crippen LogP contribution < -0.4 is 4.74 Å². The van der Waals surface area contributed by atoms with Gasteiger partial charge in [0, 0.05) is 29.1 Å². The number of halogens is 2. The highest BCUT2D eigenvalue weighted by molar-refractivity contribution is 6.30. The smallest absolute Gasteiger partial charge is 0.123 e. The molecule has 0 bridgehead atoms. The van der Waals surface area contributed by atoms with Crippen molar-refractivity contribution >= 4 is 23.2 Å². The first kappa shape index (κ1) is 13.6. The lowest BCUT2D eigenvalue weighted by Gasteiger charge is -2.23. The van der Waals surface area contributed by atoms with Crippen LogP contribution in [0, 0.1) is 0 Å². The fraction of sp³-hybridized carbons (Fsp3) is 0.500. The first-order valence-electron chi connectivity index (χ1n) is 5.17. The van der Waals surface area contributed by atoms with Crippen LogP contribution in [0.2, 0.25) is 5.02 Å². The summed E-state index contributed by atoms with van der Waals surface area (Å²) in [5.41, 5.74) is 1.08. The Hall–Kier alpha value is -0.440. The van der Waals surface area contributed by atoms with Gasteiger partial charge < -0.3 is 4.74 Å². The van der Waals surface area contributed by atoms with Crippen LogP contribution in [0.25, 0.3) is 0 Å². The van der Waals surface area contributed by atoms with E-state index in [-0.39, 0.29) is 0 Å². The number of ether oxygens (including phenoxy) is 1. The third-order valence-electron chi connectivity index (χ3n) is 2.64. The van der Waals surface area contributed by atoms with Crippen molar-refractivity contribution in [2.45, 2.75) is 19.5 Å². The van der Waals surface area contributed by atoms with Crippen LogP contribution in [-0.2, 0) is 6.54 Å². The molecule has 1 unspecified atom stereocenters. The molecule has 4 heteroatoms. The maximum atomic E-state index is 5.97. The fourth-order valence-corrected chi connectivity index (χ4v) is 1.84. The van der Waals surface area contributed by atoms with Gasteiger partial charge in [0.25, 0.3) is 0 Å². The Kier molecular flexibility index (Phi) is 5.39. The predicted octanol–water partition coefficient (Wildman–Crippen LogP) is 3.41. The SMILES string of the molecule is COc1ccc(Cl)cc1CN(C)C(C)CCl. The van der Waals surface area contributed by atoms with Crippen molar-refractivity contribution in [1.29, 1.82) is 0 Å². The highest BCUT2D eigenvalue weighted by Crippen LogP contribution is 2.24. The third-order valence-corrected chi connectivity index (χ3v) is 3.32. The van der Waals surface area contributed by atoms with Gasteiger partial charge in [-0.3, -0.25) is 4.90 Å². The van der Waals surface area contributed by atoms with E-state index in [0.717, 1.165) is 22.9 Å². The second-order valence-electron chi connectivity index (χ2n) is 3.87. The van der Waals surface area contributed by atoms with Crippen LogP contribution in [0.5, 0.6) is 5.75 Å². The van der Waals surface area contributed by atoms with Gasteiger partial charge in [0.1, 0.15) is 5.75 Å². The number of rotatable bonds is 5. The van der Waals surface area contributed by atoms with Gasteiger partial charge in [-0.05, 0) is 32.2 Å². The zero-order valence-corrected chi connectivity index (χ0v) is 11.3. The minimum absolute atomic E-state index is 0.324. The van der Waals surface area contributed by atoms with E-state index in [2.05, 4.69) is 11.8 Å². The summed E-state index contributed by atoms with van der Waals surface area (Å²) >= 11 is 11.8. The highest BCUT2D eigenvalue weighted by atomic mass is 35.5. The molecule has 0 aliphatic rings. The average Bonchev–Trinajstić information content (AvgIpc) is 2.28. The van der Waals surface area contributed by atoms with Crippen molar-refractivity contribution in [2.75, 3.05) is 20.0 Å². The molecule has 0 aromatic heterocycles. The molecule has 0 saturated carbocycles. The molecule has 0 amide bonds. The van der Waals surface area contributed by atoms with Crippen molar-refractivity contribution < 1.29 is 4.74 Å². The number of hydrogen-bond acceptors (Lipinski definition) is 2. The molecule has 1 atom stereocenters. The lowest BCUT2D eigenvalue weighted by molar-refractivity contribution is 0.264.